The number of pyridine rings is 1. The van der Waals surface area contributed by atoms with E-state index in [1.807, 2.05) is 30.3 Å². The van der Waals surface area contributed by atoms with Crippen LogP contribution < -0.4 is 10.5 Å². The Kier molecular flexibility index (Phi) is 4.28. The molecule has 1 aromatic carbocycles. The lowest BCUT2D eigenvalue weighted by atomic mass is 10.2. The second kappa shape index (κ2) is 5.93. The van der Waals surface area contributed by atoms with E-state index in [1.165, 1.54) is 0 Å². The van der Waals surface area contributed by atoms with Gasteiger partial charge in [-0.2, -0.15) is 0 Å². The van der Waals surface area contributed by atoms with Crippen LogP contribution in [0.4, 0.5) is 0 Å². The summed E-state index contributed by atoms with van der Waals surface area (Å²) in [5, 5.41) is 0. The summed E-state index contributed by atoms with van der Waals surface area (Å²) in [5.74, 6) is 0.514. The average molecular weight is 323 g/mol. The summed E-state index contributed by atoms with van der Waals surface area (Å²) in [6, 6.07) is 13.3. The number of rotatable bonds is 4. The molecule has 92 valence electrons. The molecule has 1 heterocycles. The number of hydrogen-bond donors (Lipinski definition) is 1. The zero-order valence-corrected chi connectivity index (χ0v) is 11.9. The number of aromatic nitrogens is 1. The number of halogens is 1. The molecule has 0 atom stereocenters. The van der Waals surface area contributed by atoms with Crippen LogP contribution >= 0.6 is 28.1 Å². The lowest BCUT2D eigenvalue weighted by molar-refractivity contribution is 0.293. The van der Waals surface area contributed by atoms with E-state index >= 15 is 0 Å². The first-order chi connectivity index (χ1) is 8.65. The van der Waals surface area contributed by atoms with Crippen molar-refractivity contribution in [2.45, 2.75) is 6.61 Å². The van der Waals surface area contributed by atoms with Gasteiger partial charge in [-0.15, -0.1) is 0 Å². The molecule has 2 rings (SSSR count). The minimum absolute atomic E-state index is 0.267. The fourth-order valence-corrected chi connectivity index (χ4v) is 1.98. The molecule has 0 amide bonds. The average Bonchev–Trinajstić information content (AvgIpc) is 2.37. The molecule has 0 aliphatic rings. The first kappa shape index (κ1) is 13.0. The minimum atomic E-state index is 0.267. The molecule has 0 aliphatic carbocycles. The maximum Gasteiger partial charge on any atom is 0.214 e. The van der Waals surface area contributed by atoms with Crippen molar-refractivity contribution in [3.05, 3.63) is 58.2 Å². The Labute approximate surface area is 119 Å². The number of nitrogens with two attached hydrogens (primary N) is 1. The Morgan fingerprint density at radius 3 is 2.78 bits per heavy atom. The monoisotopic (exact) mass is 322 g/mol. The van der Waals surface area contributed by atoms with Crippen molar-refractivity contribution in [2.75, 3.05) is 0 Å². The van der Waals surface area contributed by atoms with Crippen molar-refractivity contribution < 1.29 is 4.74 Å². The second-order valence-electron chi connectivity index (χ2n) is 3.64. The third-order valence-electron chi connectivity index (χ3n) is 2.25. The van der Waals surface area contributed by atoms with Crippen LogP contribution in [-0.2, 0) is 6.61 Å². The van der Waals surface area contributed by atoms with E-state index in [0.29, 0.717) is 18.2 Å². The smallest absolute Gasteiger partial charge is 0.214 e. The maximum absolute atomic E-state index is 5.59. The molecule has 1 aromatic heterocycles. The van der Waals surface area contributed by atoms with E-state index in [4.69, 9.17) is 22.7 Å². The summed E-state index contributed by atoms with van der Waals surface area (Å²) in [6.45, 7) is 0.452. The van der Waals surface area contributed by atoms with Crippen LogP contribution in [0.25, 0.3) is 0 Å². The van der Waals surface area contributed by atoms with E-state index in [2.05, 4.69) is 20.9 Å². The quantitative estimate of drug-likeness (QED) is 0.879. The highest BCUT2D eigenvalue weighted by Gasteiger charge is 2.01. The van der Waals surface area contributed by atoms with Crippen molar-refractivity contribution in [3.63, 3.8) is 0 Å². The lowest BCUT2D eigenvalue weighted by Gasteiger charge is -2.06. The summed E-state index contributed by atoms with van der Waals surface area (Å²) in [6.07, 6.45) is 0. The van der Waals surface area contributed by atoms with Crippen LogP contribution in [0, 0.1) is 0 Å². The predicted octanol–water partition coefficient (Wildman–Crippen LogP) is 3.06. The van der Waals surface area contributed by atoms with Crippen molar-refractivity contribution in [3.8, 4) is 5.88 Å². The van der Waals surface area contributed by atoms with Gasteiger partial charge in [0, 0.05) is 10.5 Å². The molecule has 2 aromatic rings. The van der Waals surface area contributed by atoms with Crippen LogP contribution in [0.15, 0.2) is 46.9 Å². The van der Waals surface area contributed by atoms with E-state index in [9.17, 15) is 0 Å². The summed E-state index contributed by atoms with van der Waals surface area (Å²) >= 11 is 8.28. The lowest BCUT2D eigenvalue weighted by Crippen LogP contribution is -2.11. The molecule has 0 bridgehead atoms. The van der Waals surface area contributed by atoms with Gasteiger partial charge in [0.1, 0.15) is 17.3 Å². The van der Waals surface area contributed by atoms with Crippen molar-refractivity contribution >= 4 is 33.1 Å². The molecular formula is C13H11BrN2OS. The van der Waals surface area contributed by atoms with E-state index in [0.717, 1.165) is 10.0 Å². The molecule has 0 fully saturated rings. The molecule has 0 radical (unpaired) electrons. The standard InChI is InChI=1S/C13H11BrN2OS/c14-10-4-1-3-9(7-10)8-17-12-6-2-5-11(16-12)13(15)18/h1-7H,8H2,(H2,15,18). The largest absolute Gasteiger partial charge is 0.473 e. The number of thiocarbonyl (C=S) groups is 1. The summed E-state index contributed by atoms with van der Waals surface area (Å²) in [4.78, 5) is 4.48. The van der Waals surface area contributed by atoms with Gasteiger partial charge in [-0.05, 0) is 23.8 Å². The van der Waals surface area contributed by atoms with E-state index in [1.54, 1.807) is 12.1 Å². The number of hydrogen-bond acceptors (Lipinski definition) is 3. The maximum atomic E-state index is 5.59. The zero-order valence-electron chi connectivity index (χ0n) is 9.47. The highest BCUT2D eigenvalue weighted by Crippen LogP contribution is 2.14. The van der Waals surface area contributed by atoms with Crippen LogP contribution in [0.3, 0.4) is 0 Å². The van der Waals surface area contributed by atoms with Gasteiger partial charge < -0.3 is 10.5 Å². The number of ether oxygens (including phenoxy) is 1. The van der Waals surface area contributed by atoms with Gasteiger partial charge in [-0.25, -0.2) is 4.98 Å². The Balaban J connectivity index is 2.06. The molecule has 0 saturated heterocycles. The third kappa shape index (κ3) is 3.51. The van der Waals surface area contributed by atoms with Gasteiger partial charge in [0.05, 0.1) is 0 Å². The fourth-order valence-electron chi connectivity index (χ4n) is 1.42. The van der Waals surface area contributed by atoms with Crippen LogP contribution in [0.1, 0.15) is 11.3 Å². The van der Waals surface area contributed by atoms with Gasteiger partial charge in [-0.1, -0.05) is 46.3 Å². The molecule has 0 unspecified atom stereocenters. The highest BCUT2D eigenvalue weighted by atomic mass is 79.9. The first-order valence-corrected chi connectivity index (χ1v) is 6.49. The van der Waals surface area contributed by atoms with Gasteiger partial charge >= 0.3 is 0 Å². The SMILES string of the molecule is NC(=S)c1cccc(OCc2cccc(Br)c2)n1. The molecule has 0 aliphatic heterocycles. The minimum Gasteiger partial charge on any atom is -0.473 e. The number of nitrogens with zero attached hydrogens (tertiary/aromatic N) is 1. The summed E-state index contributed by atoms with van der Waals surface area (Å²) < 4.78 is 6.61. The Morgan fingerprint density at radius 1 is 1.28 bits per heavy atom. The highest BCUT2D eigenvalue weighted by molar-refractivity contribution is 9.10. The molecule has 0 spiro atoms. The molecule has 3 nitrogen and oxygen atoms in total. The third-order valence-corrected chi connectivity index (χ3v) is 2.95. The van der Waals surface area contributed by atoms with Gasteiger partial charge in [0.2, 0.25) is 5.88 Å². The Morgan fingerprint density at radius 2 is 2.06 bits per heavy atom. The predicted molar refractivity (Wildman–Crippen MR) is 78.6 cm³/mol. The van der Waals surface area contributed by atoms with E-state index < -0.39 is 0 Å². The molecule has 5 heteroatoms. The fraction of sp³-hybridized carbons (Fsp3) is 0.0769. The second-order valence-corrected chi connectivity index (χ2v) is 5.00. The van der Waals surface area contributed by atoms with E-state index in [-0.39, 0.29) is 4.99 Å². The summed E-state index contributed by atoms with van der Waals surface area (Å²) in [5.41, 5.74) is 7.15. The van der Waals surface area contributed by atoms with Crippen molar-refractivity contribution in [1.29, 1.82) is 0 Å². The summed E-state index contributed by atoms with van der Waals surface area (Å²) in [7, 11) is 0. The molecule has 0 saturated carbocycles. The first-order valence-electron chi connectivity index (χ1n) is 5.29. The Hall–Kier alpha value is -1.46. The van der Waals surface area contributed by atoms with Crippen LogP contribution in [-0.4, -0.2) is 9.97 Å². The molecular weight excluding hydrogens is 312 g/mol. The van der Waals surface area contributed by atoms with Crippen molar-refractivity contribution in [1.82, 2.24) is 4.98 Å². The molecule has 2 N–H and O–H groups in total. The van der Waals surface area contributed by atoms with Gasteiger partial charge in [-0.3, -0.25) is 0 Å². The van der Waals surface area contributed by atoms with Crippen LogP contribution in [0.5, 0.6) is 5.88 Å². The van der Waals surface area contributed by atoms with Gasteiger partial charge in [0.25, 0.3) is 0 Å². The van der Waals surface area contributed by atoms with Crippen molar-refractivity contribution in [2.24, 2.45) is 5.73 Å². The Bertz CT molecular complexity index is 574. The molecule has 18 heavy (non-hydrogen) atoms. The zero-order chi connectivity index (χ0) is 13.0. The van der Waals surface area contributed by atoms with Crippen LogP contribution in [0.2, 0.25) is 0 Å². The topological polar surface area (TPSA) is 48.1 Å². The van der Waals surface area contributed by atoms with Gasteiger partial charge in [0.15, 0.2) is 0 Å². The number of benzene rings is 1. The normalized spacial score (nSPS) is 10.1.